The van der Waals surface area contributed by atoms with E-state index < -0.39 is 5.97 Å². The number of ether oxygens (including phenoxy) is 1. The molecular weight excluding hydrogens is 292 g/mol. The van der Waals surface area contributed by atoms with E-state index in [0.29, 0.717) is 17.9 Å². The third kappa shape index (κ3) is 2.56. The Balaban J connectivity index is 2.23. The summed E-state index contributed by atoms with van der Waals surface area (Å²) < 4.78 is 6.70. The highest BCUT2D eigenvalue weighted by Gasteiger charge is 2.21. The van der Waals surface area contributed by atoms with Crippen molar-refractivity contribution in [3.05, 3.63) is 47.4 Å². The maximum absolute atomic E-state index is 12.0. The lowest BCUT2D eigenvalue weighted by Gasteiger charge is -2.05. The van der Waals surface area contributed by atoms with E-state index in [1.165, 1.54) is 0 Å². The van der Waals surface area contributed by atoms with Gasteiger partial charge in [0.2, 0.25) is 0 Å². The van der Waals surface area contributed by atoms with Crippen LogP contribution in [-0.2, 0) is 11.2 Å². The monoisotopic (exact) mass is 310 g/mol. The normalized spacial score (nSPS) is 10.9. The number of carbonyl (C=O) groups is 1. The smallest absolute Gasteiger partial charge is 0.360 e. The molecule has 0 radical (unpaired) electrons. The molecule has 118 valence electrons. The topological polar surface area (TPSA) is 69.4 Å². The molecule has 3 rings (SSSR count). The van der Waals surface area contributed by atoms with Crippen molar-refractivity contribution in [3.63, 3.8) is 0 Å². The Labute approximate surface area is 134 Å². The van der Waals surface area contributed by atoms with E-state index in [-0.39, 0.29) is 5.69 Å². The van der Waals surface area contributed by atoms with E-state index in [4.69, 9.17) is 4.74 Å². The number of aromatic nitrogens is 4. The van der Waals surface area contributed by atoms with Crippen LogP contribution in [0.3, 0.4) is 0 Å². The van der Waals surface area contributed by atoms with Crippen LogP contribution < -0.4 is 0 Å². The zero-order chi connectivity index (χ0) is 16.4. The molecular formula is C17H18N4O2. The van der Waals surface area contributed by atoms with Gasteiger partial charge in [-0.1, -0.05) is 37.3 Å². The number of aryl methyl sites for hydroxylation is 2. The minimum Gasteiger partial charge on any atom is -0.461 e. The van der Waals surface area contributed by atoms with Gasteiger partial charge >= 0.3 is 5.97 Å². The average Bonchev–Trinajstić information content (AvgIpc) is 2.95. The molecule has 0 spiro atoms. The lowest BCUT2D eigenvalue weighted by molar-refractivity contribution is 0.0516. The number of carbonyl (C=O) groups excluding carboxylic acids is 1. The Morgan fingerprint density at radius 3 is 2.57 bits per heavy atom. The molecule has 3 aromatic rings. The van der Waals surface area contributed by atoms with E-state index >= 15 is 0 Å². The van der Waals surface area contributed by atoms with Crippen molar-refractivity contribution >= 4 is 11.6 Å². The molecule has 6 heteroatoms. The Bertz CT molecular complexity index is 856. The Kier molecular flexibility index (Phi) is 4.06. The molecule has 23 heavy (non-hydrogen) atoms. The van der Waals surface area contributed by atoms with Crippen molar-refractivity contribution in [2.75, 3.05) is 6.61 Å². The molecule has 0 saturated heterocycles. The number of hydrogen-bond acceptors (Lipinski definition) is 5. The van der Waals surface area contributed by atoms with Gasteiger partial charge in [0, 0.05) is 0 Å². The highest BCUT2D eigenvalue weighted by Crippen LogP contribution is 2.28. The van der Waals surface area contributed by atoms with Crippen LogP contribution in [0, 0.1) is 6.92 Å². The number of benzene rings is 1. The largest absolute Gasteiger partial charge is 0.461 e. The van der Waals surface area contributed by atoms with Gasteiger partial charge in [-0.2, -0.15) is 5.10 Å². The molecule has 0 bridgehead atoms. The van der Waals surface area contributed by atoms with Crippen molar-refractivity contribution in [1.29, 1.82) is 0 Å². The van der Waals surface area contributed by atoms with Crippen LogP contribution in [0.15, 0.2) is 30.3 Å². The van der Waals surface area contributed by atoms with Gasteiger partial charge < -0.3 is 4.74 Å². The van der Waals surface area contributed by atoms with Crippen molar-refractivity contribution in [3.8, 4) is 11.1 Å². The second-order valence-corrected chi connectivity index (χ2v) is 5.13. The lowest BCUT2D eigenvalue weighted by Crippen LogP contribution is -2.14. The molecule has 2 heterocycles. The summed E-state index contributed by atoms with van der Waals surface area (Å²) >= 11 is 0. The Morgan fingerprint density at radius 1 is 1.17 bits per heavy atom. The van der Waals surface area contributed by atoms with Gasteiger partial charge in [-0.15, -0.1) is 10.2 Å². The minimum absolute atomic E-state index is 0.198. The van der Waals surface area contributed by atoms with Crippen LogP contribution in [-0.4, -0.2) is 32.4 Å². The summed E-state index contributed by atoms with van der Waals surface area (Å²) in [6, 6.07) is 9.96. The quantitative estimate of drug-likeness (QED) is 0.693. The fourth-order valence-electron chi connectivity index (χ4n) is 2.59. The average molecular weight is 310 g/mol. The number of hydrogen-bond donors (Lipinski definition) is 0. The van der Waals surface area contributed by atoms with Gasteiger partial charge in [-0.25, -0.2) is 9.31 Å². The molecule has 0 unspecified atom stereocenters. The first-order valence-corrected chi connectivity index (χ1v) is 7.64. The maximum Gasteiger partial charge on any atom is 0.360 e. The third-order valence-electron chi connectivity index (χ3n) is 3.70. The van der Waals surface area contributed by atoms with E-state index in [1.54, 1.807) is 18.4 Å². The molecule has 0 fully saturated rings. The van der Waals surface area contributed by atoms with Gasteiger partial charge in [0.1, 0.15) is 0 Å². The van der Waals surface area contributed by atoms with Gasteiger partial charge in [0.05, 0.1) is 23.6 Å². The molecule has 0 amide bonds. The van der Waals surface area contributed by atoms with Crippen LogP contribution in [0.1, 0.15) is 35.7 Å². The molecule has 0 atom stereocenters. The summed E-state index contributed by atoms with van der Waals surface area (Å²) in [7, 11) is 0. The van der Waals surface area contributed by atoms with Crippen molar-refractivity contribution in [2.45, 2.75) is 27.2 Å². The third-order valence-corrected chi connectivity index (χ3v) is 3.70. The first kappa shape index (κ1) is 15.1. The highest BCUT2D eigenvalue weighted by molar-refractivity contribution is 5.89. The molecule has 0 aliphatic heterocycles. The Hall–Kier alpha value is -2.76. The first-order chi connectivity index (χ1) is 11.2. The molecule has 0 saturated carbocycles. The molecule has 6 nitrogen and oxygen atoms in total. The van der Waals surface area contributed by atoms with E-state index in [0.717, 1.165) is 23.2 Å². The lowest BCUT2D eigenvalue weighted by atomic mass is 10.0. The van der Waals surface area contributed by atoms with Gasteiger partial charge in [-0.3, -0.25) is 0 Å². The van der Waals surface area contributed by atoms with Crippen molar-refractivity contribution in [2.24, 2.45) is 0 Å². The standard InChI is InChI=1S/C17H18N4O2/c1-4-13-14(12-9-7-6-8-10-12)16-19-18-15(17(22)23-5-2)11(3)21(16)20-13/h6-10H,4-5H2,1-3H3. The van der Waals surface area contributed by atoms with Crippen molar-refractivity contribution < 1.29 is 9.53 Å². The number of fused-ring (bicyclic) bond motifs is 1. The van der Waals surface area contributed by atoms with Gasteiger partial charge in [0.15, 0.2) is 11.3 Å². The first-order valence-electron chi connectivity index (χ1n) is 7.64. The molecule has 0 aliphatic rings. The summed E-state index contributed by atoms with van der Waals surface area (Å²) in [4.78, 5) is 12.0. The van der Waals surface area contributed by atoms with Crippen LogP contribution in [0.2, 0.25) is 0 Å². The number of nitrogens with zero attached hydrogens (tertiary/aromatic N) is 4. The summed E-state index contributed by atoms with van der Waals surface area (Å²) in [5.41, 5.74) is 4.40. The zero-order valence-electron chi connectivity index (χ0n) is 13.4. The van der Waals surface area contributed by atoms with Crippen LogP contribution in [0.25, 0.3) is 16.8 Å². The predicted molar refractivity (Wildman–Crippen MR) is 86.3 cm³/mol. The molecule has 0 aliphatic carbocycles. The number of rotatable bonds is 4. The Morgan fingerprint density at radius 2 is 1.91 bits per heavy atom. The zero-order valence-corrected chi connectivity index (χ0v) is 13.4. The summed E-state index contributed by atoms with van der Waals surface area (Å²) in [5, 5.41) is 12.9. The van der Waals surface area contributed by atoms with Crippen LogP contribution in [0.5, 0.6) is 0 Å². The summed E-state index contributed by atoms with van der Waals surface area (Å²) in [6.07, 6.45) is 0.766. The summed E-state index contributed by atoms with van der Waals surface area (Å²) in [5.74, 6) is -0.478. The predicted octanol–water partition coefficient (Wildman–Crippen LogP) is 2.84. The van der Waals surface area contributed by atoms with Crippen LogP contribution in [0.4, 0.5) is 0 Å². The van der Waals surface area contributed by atoms with Crippen LogP contribution >= 0.6 is 0 Å². The minimum atomic E-state index is -0.478. The van der Waals surface area contributed by atoms with E-state index in [2.05, 4.69) is 15.3 Å². The molecule has 2 aromatic heterocycles. The van der Waals surface area contributed by atoms with Gasteiger partial charge in [0.25, 0.3) is 0 Å². The SMILES string of the molecule is CCOC(=O)c1nnc2c(-c3ccccc3)c(CC)nn2c1C. The highest BCUT2D eigenvalue weighted by atomic mass is 16.5. The van der Waals surface area contributed by atoms with Gasteiger partial charge in [-0.05, 0) is 25.8 Å². The van der Waals surface area contributed by atoms with E-state index in [9.17, 15) is 4.79 Å². The fourth-order valence-corrected chi connectivity index (χ4v) is 2.59. The second-order valence-electron chi connectivity index (χ2n) is 5.13. The van der Waals surface area contributed by atoms with E-state index in [1.807, 2.05) is 37.3 Å². The fraction of sp³-hybridized carbons (Fsp3) is 0.294. The summed E-state index contributed by atoms with van der Waals surface area (Å²) in [6.45, 7) is 5.90. The molecule has 0 N–H and O–H groups in total. The maximum atomic E-state index is 12.0. The molecule has 1 aromatic carbocycles. The number of esters is 1. The second kappa shape index (κ2) is 6.16. The van der Waals surface area contributed by atoms with Crippen molar-refractivity contribution in [1.82, 2.24) is 19.8 Å².